The highest BCUT2D eigenvalue weighted by atomic mass is 35.5. The van der Waals surface area contributed by atoms with Gasteiger partial charge in [0.15, 0.2) is 0 Å². The second-order valence-corrected chi connectivity index (χ2v) is 6.05. The molecule has 1 heterocycles. The van der Waals surface area contributed by atoms with Crippen molar-refractivity contribution in [3.8, 4) is 11.5 Å². The number of halogens is 1. The lowest BCUT2D eigenvalue weighted by Gasteiger charge is -2.11. The van der Waals surface area contributed by atoms with E-state index in [9.17, 15) is 14.9 Å². The van der Waals surface area contributed by atoms with Crippen LogP contribution in [0.3, 0.4) is 0 Å². The zero-order valence-electron chi connectivity index (χ0n) is 14.2. The van der Waals surface area contributed by atoms with E-state index in [-0.39, 0.29) is 16.3 Å². The second kappa shape index (κ2) is 7.84. The van der Waals surface area contributed by atoms with Gasteiger partial charge in [0.05, 0.1) is 21.7 Å². The number of carbonyl (C=O) groups excluding carboxylic acids is 1. The SMILES string of the molecule is Cc1cc(NC(=O)c2ccc([N+](=O)[O-])cc2Cl)ccc1Oc1cccnc1. The van der Waals surface area contributed by atoms with Gasteiger partial charge < -0.3 is 10.1 Å². The maximum Gasteiger partial charge on any atom is 0.270 e. The van der Waals surface area contributed by atoms with Gasteiger partial charge in [0.2, 0.25) is 0 Å². The fourth-order valence-electron chi connectivity index (χ4n) is 2.38. The molecule has 1 N–H and O–H groups in total. The number of benzene rings is 2. The van der Waals surface area contributed by atoms with Crippen LogP contribution < -0.4 is 10.1 Å². The van der Waals surface area contributed by atoms with Crippen molar-refractivity contribution in [3.63, 3.8) is 0 Å². The van der Waals surface area contributed by atoms with Crippen LogP contribution in [0.25, 0.3) is 0 Å². The molecule has 1 aromatic heterocycles. The molecule has 0 spiro atoms. The Bertz CT molecular complexity index is 1010. The van der Waals surface area contributed by atoms with E-state index in [1.54, 1.807) is 42.7 Å². The molecule has 0 bridgehead atoms. The minimum absolute atomic E-state index is 0.00922. The van der Waals surface area contributed by atoms with Crippen LogP contribution in [-0.2, 0) is 0 Å². The van der Waals surface area contributed by atoms with Crippen molar-refractivity contribution in [1.82, 2.24) is 4.98 Å². The number of carbonyl (C=O) groups is 1. The van der Waals surface area contributed by atoms with Crippen molar-refractivity contribution in [3.05, 3.63) is 87.2 Å². The summed E-state index contributed by atoms with van der Waals surface area (Å²) < 4.78 is 5.75. The van der Waals surface area contributed by atoms with E-state index < -0.39 is 10.8 Å². The minimum Gasteiger partial charge on any atom is -0.455 e. The Labute approximate surface area is 159 Å². The zero-order valence-corrected chi connectivity index (χ0v) is 14.9. The Balaban J connectivity index is 1.75. The summed E-state index contributed by atoms with van der Waals surface area (Å²) in [6.45, 7) is 1.85. The maximum absolute atomic E-state index is 12.4. The van der Waals surface area contributed by atoms with Crippen LogP contribution in [0.1, 0.15) is 15.9 Å². The number of nitrogens with zero attached hydrogens (tertiary/aromatic N) is 2. The maximum atomic E-state index is 12.4. The Morgan fingerprint density at radius 1 is 1.22 bits per heavy atom. The molecule has 136 valence electrons. The second-order valence-electron chi connectivity index (χ2n) is 5.65. The third-order valence-corrected chi connectivity index (χ3v) is 4.02. The normalized spacial score (nSPS) is 10.3. The van der Waals surface area contributed by atoms with Gasteiger partial charge in [-0.2, -0.15) is 0 Å². The highest BCUT2D eigenvalue weighted by molar-refractivity contribution is 6.34. The van der Waals surface area contributed by atoms with Gasteiger partial charge in [-0.3, -0.25) is 19.9 Å². The largest absolute Gasteiger partial charge is 0.455 e. The first-order valence-electron chi connectivity index (χ1n) is 7.88. The van der Waals surface area contributed by atoms with Crippen molar-refractivity contribution in [2.75, 3.05) is 5.32 Å². The average Bonchev–Trinajstić information content (AvgIpc) is 2.64. The van der Waals surface area contributed by atoms with Crippen LogP contribution in [-0.4, -0.2) is 15.8 Å². The number of amides is 1. The molecule has 0 atom stereocenters. The lowest BCUT2D eigenvalue weighted by atomic mass is 10.1. The summed E-state index contributed by atoms with van der Waals surface area (Å²) >= 11 is 5.99. The molecule has 1 amide bonds. The van der Waals surface area contributed by atoms with Crippen molar-refractivity contribution in [1.29, 1.82) is 0 Å². The van der Waals surface area contributed by atoms with Gasteiger partial charge >= 0.3 is 0 Å². The first-order valence-corrected chi connectivity index (χ1v) is 8.25. The first-order chi connectivity index (χ1) is 12.9. The molecule has 3 aromatic rings. The third kappa shape index (κ3) is 4.39. The van der Waals surface area contributed by atoms with Gasteiger partial charge in [-0.1, -0.05) is 11.6 Å². The predicted molar refractivity (Wildman–Crippen MR) is 102 cm³/mol. The summed E-state index contributed by atoms with van der Waals surface area (Å²) in [5.41, 5.74) is 1.33. The molecular weight excluding hydrogens is 370 g/mol. The molecule has 3 rings (SSSR count). The standard InChI is InChI=1S/C19H14ClN3O4/c1-12-9-13(4-7-18(12)27-15-3-2-8-21-11-15)22-19(24)16-6-5-14(23(25)26)10-17(16)20/h2-11H,1H3,(H,22,24). The van der Waals surface area contributed by atoms with Gasteiger partial charge in [-0.15, -0.1) is 0 Å². The Kier molecular flexibility index (Phi) is 5.33. The highest BCUT2D eigenvalue weighted by Gasteiger charge is 2.15. The molecule has 8 heteroatoms. The number of nitrogens with one attached hydrogen (secondary N) is 1. The number of nitro groups is 1. The van der Waals surface area contributed by atoms with Gasteiger partial charge in [0.1, 0.15) is 11.5 Å². The zero-order chi connectivity index (χ0) is 19.4. The highest BCUT2D eigenvalue weighted by Crippen LogP contribution is 2.28. The van der Waals surface area contributed by atoms with Crippen LogP contribution >= 0.6 is 11.6 Å². The first kappa shape index (κ1) is 18.3. The molecule has 2 aromatic carbocycles. The Morgan fingerprint density at radius 3 is 2.67 bits per heavy atom. The van der Waals surface area contributed by atoms with Crippen LogP contribution in [0.4, 0.5) is 11.4 Å². The van der Waals surface area contributed by atoms with E-state index in [1.165, 1.54) is 12.1 Å². The molecule has 7 nitrogen and oxygen atoms in total. The predicted octanol–water partition coefficient (Wildman–Crippen LogP) is 5.00. The third-order valence-electron chi connectivity index (χ3n) is 3.70. The van der Waals surface area contributed by atoms with Crippen LogP contribution in [0, 0.1) is 17.0 Å². The lowest BCUT2D eigenvalue weighted by molar-refractivity contribution is -0.384. The molecule has 0 saturated heterocycles. The number of aryl methyl sites for hydroxylation is 1. The van der Waals surface area contributed by atoms with Crippen LogP contribution in [0.5, 0.6) is 11.5 Å². The van der Waals surface area contributed by atoms with Crippen molar-refractivity contribution in [2.24, 2.45) is 0 Å². The number of rotatable bonds is 5. The van der Waals surface area contributed by atoms with Gasteiger partial charge in [0.25, 0.3) is 11.6 Å². The lowest BCUT2D eigenvalue weighted by Crippen LogP contribution is -2.12. The van der Waals surface area contributed by atoms with Crippen LogP contribution in [0.15, 0.2) is 60.9 Å². The van der Waals surface area contributed by atoms with Crippen molar-refractivity contribution < 1.29 is 14.5 Å². The smallest absolute Gasteiger partial charge is 0.270 e. The fraction of sp³-hybridized carbons (Fsp3) is 0.0526. The van der Waals surface area contributed by atoms with E-state index in [2.05, 4.69) is 10.3 Å². The fourth-order valence-corrected chi connectivity index (χ4v) is 2.64. The molecular formula is C19H14ClN3O4. The van der Waals surface area contributed by atoms with Crippen molar-refractivity contribution >= 4 is 28.9 Å². The number of hydrogen-bond donors (Lipinski definition) is 1. The monoisotopic (exact) mass is 383 g/mol. The molecule has 0 saturated carbocycles. The number of hydrogen-bond acceptors (Lipinski definition) is 5. The van der Waals surface area contributed by atoms with Gasteiger partial charge in [-0.25, -0.2) is 0 Å². The summed E-state index contributed by atoms with van der Waals surface area (Å²) in [5, 5.41) is 13.5. The summed E-state index contributed by atoms with van der Waals surface area (Å²) in [7, 11) is 0. The van der Waals surface area contributed by atoms with Gasteiger partial charge in [-0.05, 0) is 48.9 Å². The quantitative estimate of drug-likeness (QED) is 0.494. The van der Waals surface area contributed by atoms with E-state index in [1.807, 2.05) is 6.92 Å². The molecule has 0 fully saturated rings. The summed E-state index contributed by atoms with van der Waals surface area (Å²) in [6, 6.07) is 12.4. The topological polar surface area (TPSA) is 94.4 Å². The molecule has 27 heavy (non-hydrogen) atoms. The van der Waals surface area contributed by atoms with Crippen LogP contribution in [0.2, 0.25) is 5.02 Å². The minimum atomic E-state index is -0.572. The molecule has 0 aliphatic heterocycles. The molecule has 0 aliphatic carbocycles. The number of ether oxygens (including phenoxy) is 1. The van der Waals surface area contributed by atoms with E-state index in [4.69, 9.17) is 16.3 Å². The average molecular weight is 384 g/mol. The van der Waals surface area contributed by atoms with E-state index in [0.717, 1.165) is 11.6 Å². The molecule has 0 aliphatic rings. The Morgan fingerprint density at radius 2 is 2.04 bits per heavy atom. The van der Waals surface area contributed by atoms with E-state index >= 15 is 0 Å². The Hall–Kier alpha value is -3.45. The number of nitro benzene ring substituents is 1. The number of aromatic nitrogens is 1. The summed E-state index contributed by atoms with van der Waals surface area (Å²) in [5.74, 6) is 0.777. The number of non-ortho nitro benzene ring substituents is 1. The van der Waals surface area contributed by atoms with Gasteiger partial charge in [0, 0.05) is 24.0 Å². The summed E-state index contributed by atoms with van der Waals surface area (Å²) in [4.78, 5) is 26.6. The molecule has 0 radical (unpaired) electrons. The van der Waals surface area contributed by atoms with E-state index in [0.29, 0.717) is 17.2 Å². The molecule has 0 unspecified atom stereocenters. The summed E-state index contributed by atoms with van der Waals surface area (Å²) in [6.07, 6.45) is 3.26. The number of pyridine rings is 1. The number of anilines is 1. The van der Waals surface area contributed by atoms with Crippen molar-refractivity contribution in [2.45, 2.75) is 6.92 Å².